The van der Waals surface area contributed by atoms with E-state index in [2.05, 4.69) is 9.97 Å². The number of benzene rings is 1. The van der Waals surface area contributed by atoms with E-state index in [1.165, 1.54) is 10.8 Å². The molecule has 3 rings (SSSR count). The first-order valence-corrected chi connectivity index (χ1v) is 8.73. The van der Waals surface area contributed by atoms with Crippen molar-refractivity contribution in [3.8, 4) is 17.1 Å². The van der Waals surface area contributed by atoms with E-state index in [9.17, 15) is 21.9 Å². The van der Waals surface area contributed by atoms with Crippen LogP contribution in [0.1, 0.15) is 17.0 Å². The van der Waals surface area contributed by atoms with Gasteiger partial charge in [0, 0.05) is 35.1 Å². The minimum atomic E-state index is -4.58. The number of hydrogen-bond acceptors (Lipinski definition) is 4. The summed E-state index contributed by atoms with van der Waals surface area (Å²) in [5.41, 5.74) is 1.13. The highest BCUT2D eigenvalue weighted by molar-refractivity contribution is 7.78. The summed E-state index contributed by atoms with van der Waals surface area (Å²) in [7, 11) is 0. The molecule has 0 spiro atoms. The summed E-state index contributed by atoms with van der Waals surface area (Å²) in [6.45, 7) is 1.74. The second-order valence-electron chi connectivity index (χ2n) is 5.62. The van der Waals surface area contributed by atoms with Crippen LogP contribution in [0.4, 0.5) is 13.2 Å². The Labute approximate surface area is 149 Å². The van der Waals surface area contributed by atoms with E-state index in [0.717, 1.165) is 6.20 Å². The number of halogens is 3. The van der Waals surface area contributed by atoms with Gasteiger partial charge in [-0.15, -0.1) is 0 Å². The van der Waals surface area contributed by atoms with Crippen LogP contribution in [-0.4, -0.2) is 23.3 Å². The zero-order chi connectivity index (χ0) is 18.9. The van der Waals surface area contributed by atoms with Crippen molar-refractivity contribution in [2.24, 2.45) is 0 Å². The fourth-order valence-corrected chi connectivity index (χ4v) is 2.96. The molecular formula is C17H13F3N3O2S-. The van der Waals surface area contributed by atoms with Crippen molar-refractivity contribution in [3.05, 3.63) is 65.7 Å². The quantitative estimate of drug-likeness (QED) is 0.648. The first-order chi connectivity index (χ1) is 12.2. The summed E-state index contributed by atoms with van der Waals surface area (Å²) < 4.78 is 62.3. The highest BCUT2D eigenvalue weighted by Gasteiger charge is 2.35. The van der Waals surface area contributed by atoms with Crippen LogP contribution in [0.15, 0.2) is 48.8 Å². The summed E-state index contributed by atoms with van der Waals surface area (Å²) in [5.74, 6) is -0.0306. The van der Waals surface area contributed by atoms with Crippen LogP contribution in [-0.2, 0) is 23.0 Å². The fraction of sp³-hybridized carbons (Fsp3) is 0.176. The van der Waals surface area contributed by atoms with Gasteiger partial charge in [-0.2, -0.15) is 13.2 Å². The second kappa shape index (κ2) is 7.00. The molecule has 0 amide bonds. The standard InChI is InChI=1S/C17H14F3N3O2S/c1-11-8-13(6-7-21-11)16-22-15(17(18,19)20)9-23(16)14-4-2-12(3-5-14)10-26(24)25/h2-9H,10H2,1H3,(H,24,25)/p-1. The lowest BCUT2D eigenvalue weighted by atomic mass is 10.2. The molecule has 0 aliphatic rings. The summed E-state index contributed by atoms with van der Waals surface area (Å²) in [4.78, 5) is 7.80. The molecule has 0 bridgehead atoms. The van der Waals surface area contributed by atoms with E-state index < -0.39 is 23.0 Å². The van der Waals surface area contributed by atoms with Gasteiger partial charge in [0.1, 0.15) is 5.82 Å². The van der Waals surface area contributed by atoms with Crippen molar-refractivity contribution >= 4 is 11.1 Å². The summed E-state index contributed by atoms with van der Waals surface area (Å²) >= 11 is -2.24. The zero-order valence-corrected chi connectivity index (χ0v) is 14.3. The van der Waals surface area contributed by atoms with Gasteiger partial charge in [0.25, 0.3) is 0 Å². The summed E-state index contributed by atoms with van der Waals surface area (Å²) in [6.07, 6.45) is -2.16. The van der Waals surface area contributed by atoms with Crippen LogP contribution in [0.2, 0.25) is 0 Å². The van der Waals surface area contributed by atoms with Crippen molar-refractivity contribution in [3.63, 3.8) is 0 Å². The number of nitrogens with zero attached hydrogens (tertiary/aromatic N) is 3. The predicted octanol–water partition coefficient (Wildman–Crippen LogP) is 3.64. The van der Waals surface area contributed by atoms with Crippen LogP contribution >= 0.6 is 0 Å². The van der Waals surface area contributed by atoms with Gasteiger partial charge in [-0.1, -0.05) is 23.2 Å². The molecule has 9 heteroatoms. The maximum Gasteiger partial charge on any atom is 0.434 e. The number of rotatable bonds is 4. The first-order valence-electron chi connectivity index (χ1n) is 7.49. The Bertz CT molecular complexity index is 953. The number of alkyl halides is 3. The van der Waals surface area contributed by atoms with Gasteiger partial charge in [-0.25, -0.2) is 4.98 Å². The largest absolute Gasteiger partial charge is 0.772 e. The third-order valence-corrected chi connectivity index (χ3v) is 4.22. The maximum absolute atomic E-state index is 13.1. The number of imidazole rings is 1. The number of hydrogen-bond donors (Lipinski definition) is 0. The van der Waals surface area contributed by atoms with E-state index in [4.69, 9.17) is 0 Å². The smallest absolute Gasteiger partial charge is 0.434 e. The van der Waals surface area contributed by atoms with Crippen LogP contribution in [0.5, 0.6) is 0 Å². The SMILES string of the molecule is Cc1cc(-c2nc(C(F)(F)F)cn2-c2ccc(CS(=O)[O-])cc2)ccn1. The van der Waals surface area contributed by atoms with E-state index in [1.54, 1.807) is 43.3 Å². The van der Waals surface area contributed by atoms with Gasteiger partial charge >= 0.3 is 6.18 Å². The van der Waals surface area contributed by atoms with Gasteiger partial charge in [0.2, 0.25) is 0 Å². The Morgan fingerprint density at radius 3 is 2.46 bits per heavy atom. The highest BCUT2D eigenvalue weighted by Crippen LogP contribution is 2.32. The molecule has 0 radical (unpaired) electrons. The van der Waals surface area contributed by atoms with Crippen LogP contribution in [0.3, 0.4) is 0 Å². The van der Waals surface area contributed by atoms with Crippen LogP contribution < -0.4 is 0 Å². The van der Waals surface area contributed by atoms with Gasteiger partial charge < -0.3 is 4.55 Å². The molecule has 1 unspecified atom stereocenters. The molecule has 1 aromatic carbocycles. The minimum absolute atomic E-state index is 0.128. The fourth-order valence-electron chi connectivity index (χ4n) is 2.49. The van der Waals surface area contributed by atoms with Gasteiger partial charge in [-0.05, 0) is 36.8 Å². The monoisotopic (exact) mass is 380 g/mol. The Balaban J connectivity index is 2.10. The van der Waals surface area contributed by atoms with Crippen molar-refractivity contribution < 1.29 is 21.9 Å². The molecule has 0 N–H and O–H groups in total. The maximum atomic E-state index is 13.1. The van der Waals surface area contributed by atoms with E-state index in [0.29, 0.717) is 22.5 Å². The molecule has 0 aliphatic carbocycles. The lowest BCUT2D eigenvalue weighted by molar-refractivity contribution is -0.140. The Kier molecular flexibility index (Phi) is 4.92. The predicted molar refractivity (Wildman–Crippen MR) is 89.2 cm³/mol. The molecule has 2 heterocycles. The van der Waals surface area contributed by atoms with Gasteiger partial charge in [0.05, 0.1) is 0 Å². The number of aryl methyl sites for hydroxylation is 1. The van der Waals surface area contributed by atoms with Crippen molar-refractivity contribution in [2.45, 2.75) is 18.9 Å². The molecule has 0 saturated carbocycles. The lowest BCUT2D eigenvalue weighted by Gasteiger charge is -2.10. The van der Waals surface area contributed by atoms with E-state index >= 15 is 0 Å². The molecule has 1 atom stereocenters. The molecule has 5 nitrogen and oxygen atoms in total. The number of pyridine rings is 1. The van der Waals surface area contributed by atoms with Crippen LogP contribution in [0.25, 0.3) is 17.1 Å². The Morgan fingerprint density at radius 1 is 1.19 bits per heavy atom. The van der Waals surface area contributed by atoms with Crippen molar-refractivity contribution in [1.29, 1.82) is 0 Å². The molecule has 2 aromatic heterocycles. The molecular weight excluding hydrogens is 367 g/mol. The summed E-state index contributed by atoms with van der Waals surface area (Å²) in [6, 6.07) is 9.46. The first kappa shape index (κ1) is 18.3. The average molecular weight is 380 g/mol. The Morgan fingerprint density at radius 2 is 1.88 bits per heavy atom. The third kappa shape index (κ3) is 4.00. The Hall–Kier alpha value is -2.52. The average Bonchev–Trinajstić information content (AvgIpc) is 3.00. The minimum Gasteiger partial charge on any atom is -0.772 e. The molecule has 0 fully saturated rings. The zero-order valence-electron chi connectivity index (χ0n) is 13.5. The molecule has 0 aliphatic heterocycles. The number of aromatic nitrogens is 3. The highest BCUT2D eigenvalue weighted by atomic mass is 32.2. The molecule has 0 saturated heterocycles. The van der Waals surface area contributed by atoms with Gasteiger partial charge in [-0.3, -0.25) is 13.8 Å². The van der Waals surface area contributed by atoms with Crippen molar-refractivity contribution in [2.75, 3.05) is 0 Å². The molecule has 26 heavy (non-hydrogen) atoms. The second-order valence-corrected chi connectivity index (χ2v) is 6.51. The van der Waals surface area contributed by atoms with Gasteiger partial charge in [0.15, 0.2) is 5.69 Å². The third-order valence-electron chi connectivity index (χ3n) is 3.65. The molecule has 3 aromatic rings. The van der Waals surface area contributed by atoms with Crippen molar-refractivity contribution in [1.82, 2.24) is 14.5 Å². The summed E-state index contributed by atoms with van der Waals surface area (Å²) in [5, 5.41) is 0. The normalized spacial score (nSPS) is 13.0. The van der Waals surface area contributed by atoms with E-state index in [1.807, 2.05) is 0 Å². The van der Waals surface area contributed by atoms with E-state index in [-0.39, 0.29) is 11.6 Å². The topological polar surface area (TPSA) is 70.8 Å². The molecule has 136 valence electrons. The van der Waals surface area contributed by atoms with Crippen LogP contribution in [0, 0.1) is 6.92 Å². The lowest BCUT2D eigenvalue weighted by Crippen LogP contribution is -2.05.